The Morgan fingerprint density at radius 3 is 2.62 bits per heavy atom. The van der Waals surface area contributed by atoms with E-state index in [9.17, 15) is 19.5 Å². The first-order chi connectivity index (χ1) is 16.4. The van der Waals surface area contributed by atoms with Gasteiger partial charge in [-0.05, 0) is 66.7 Å². The van der Waals surface area contributed by atoms with Gasteiger partial charge >= 0.3 is 0 Å². The largest absolute Gasteiger partial charge is 0.504 e. The van der Waals surface area contributed by atoms with E-state index in [0.29, 0.717) is 31.1 Å². The van der Waals surface area contributed by atoms with Crippen LogP contribution in [0.3, 0.4) is 0 Å². The molecule has 0 atom stereocenters. The maximum Gasteiger partial charge on any atom is 0.294 e. The monoisotopic (exact) mass is 483 g/mol. The summed E-state index contributed by atoms with van der Waals surface area (Å²) in [6, 6.07) is 12.1. The third-order valence-electron chi connectivity index (χ3n) is 5.28. The molecular weight excluding hydrogens is 458 g/mol. The van der Waals surface area contributed by atoms with E-state index in [4.69, 9.17) is 9.47 Å². The Morgan fingerprint density at radius 1 is 1.18 bits per heavy atom. The number of carbonyl (C=O) groups excluding carboxylic acids is 3. The van der Waals surface area contributed by atoms with E-state index in [2.05, 4.69) is 10.2 Å². The molecular formula is C24H25N3O6S. The summed E-state index contributed by atoms with van der Waals surface area (Å²) in [6.45, 7) is 4.79. The summed E-state index contributed by atoms with van der Waals surface area (Å²) in [5.41, 5.74) is 2.22. The van der Waals surface area contributed by atoms with Gasteiger partial charge in [-0.1, -0.05) is 6.07 Å². The van der Waals surface area contributed by atoms with E-state index in [-0.39, 0.29) is 22.9 Å². The van der Waals surface area contributed by atoms with Crippen LogP contribution in [0, 0.1) is 0 Å². The summed E-state index contributed by atoms with van der Waals surface area (Å²) in [5.74, 6) is -0.735. The first kappa shape index (κ1) is 23.7. The minimum Gasteiger partial charge on any atom is -0.504 e. The molecule has 178 valence electrons. The molecule has 2 fully saturated rings. The fourth-order valence-corrected chi connectivity index (χ4v) is 4.44. The fourth-order valence-electron chi connectivity index (χ4n) is 3.60. The molecule has 4 rings (SSSR count). The Balaban J connectivity index is 1.38. The average Bonchev–Trinajstić information content (AvgIpc) is 3.09. The lowest BCUT2D eigenvalue weighted by atomic mass is 10.2. The van der Waals surface area contributed by atoms with Gasteiger partial charge in [0.25, 0.3) is 11.1 Å². The van der Waals surface area contributed by atoms with Crippen molar-refractivity contribution in [3.63, 3.8) is 0 Å². The molecule has 3 amide bonds. The number of aromatic hydroxyl groups is 1. The zero-order valence-corrected chi connectivity index (χ0v) is 19.5. The van der Waals surface area contributed by atoms with Gasteiger partial charge in [0.15, 0.2) is 11.5 Å². The number of benzene rings is 2. The molecule has 2 heterocycles. The van der Waals surface area contributed by atoms with Crippen molar-refractivity contribution >= 4 is 46.3 Å². The van der Waals surface area contributed by atoms with Gasteiger partial charge in [-0.25, -0.2) is 0 Å². The second-order valence-electron chi connectivity index (χ2n) is 7.62. The molecule has 2 aromatic carbocycles. The number of anilines is 2. The van der Waals surface area contributed by atoms with Crippen molar-refractivity contribution in [2.75, 3.05) is 49.7 Å². The summed E-state index contributed by atoms with van der Waals surface area (Å²) in [5, 5.41) is 12.0. The van der Waals surface area contributed by atoms with Gasteiger partial charge in [0, 0.05) is 24.5 Å². The molecule has 2 N–H and O–H groups in total. The quantitative estimate of drug-likeness (QED) is 0.578. The zero-order chi connectivity index (χ0) is 24.1. The van der Waals surface area contributed by atoms with Gasteiger partial charge < -0.3 is 24.8 Å². The van der Waals surface area contributed by atoms with Gasteiger partial charge in [0.2, 0.25) is 5.91 Å². The molecule has 9 nitrogen and oxygen atoms in total. The smallest absolute Gasteiger partial charge is 0.294 e. The van der Waals surface area contributed by atoms with E-state index in [1.165, 1.54) is 12.1 Å². The Kier molecular flexibility index (Phi) is 7.39. The maximum absolute atomic E-state index is 12.7. The lowest BCUT2D eigenvalue weighted by Gasteiger charge is -2.28. The van der Waals surface area contributed by atoms with Crippen LogP contribution in [0.4, 0.5) is 16.2 Å². The number of hydrogen-bond acceptors (Lipinski definition) is 8. The number of phenolic OH excluding ortho intramolecular Hbond substituents is 1. The van der Waals surface area contributed by atoms with E-state index in [1.54, 1.807) is 31.2 Å². The summed E-state index contributed by atoms with van der Waals surface area (Å²) in [6.07, 6.45) is 1.54. The van der Waals surface area contributed by atoms with E-state index in [0.717, 1.165) is 35.4 Å². The molecule has 2 aliphatic rings. The van der Waals surface area contributed by atoms with Gasteiger partial charge in [-0.2, -0.15) is 0 Å². The molecule has 2 aliphatic heterocycles. The van der Waals surface area contributed by atoms with Crippen molar-refractivity contribution in [1.29, 1.82) is 0 Å². The van der Waals surface area contributed by atoms with Crippen LogP contribution < -0.4 is 15.0 Å². The third kappa shape index (κ3) is 5.52. The predicted molar refractivity (Wildman–Crippen MR) is 130 cm³/mol. The number of hydrogen-bond donors (Lipinski definition) is 2. The maximum atomic E-state index is 12.7. The molecule has 0 saturated carbocycles. The number of thioether (sulfide) groups is 1. The molecule has 34 heavy (non-hydrogen) atoms. The van der Waals surface area contributed by atoms with E-state index < -0.39 is 17.1 Å². The average molecular weight is 484 g/mol. The molecule has 0 aromatic heterocycles. The summed E-state index contributed by atoms with van der Waals surface area (Å²) in [7, 11) is 0. The number of ether oxygens (including phenoxy) is 2. The molecule has 0 unspecified atom stereocenters. The molecule has 0 spiro atoms. The highest BCUT2D eigenvalue weighted by molar-refractivity contribution is 8.18. The molecule has 0 bridgehead atoms. The number of nitrogens with zero attached hydrogens (tertiary/aromatic N) is 2. The van der Waals surface area contributed by atoms with Crippen molar-refractivity contribution in [2.45, 2.75) is 6.92 Å². The van der Waals surface area contributed by atoms with Crippen molar-refractivity contribution < 1.29 is 29.0 Å². The Bertz CT molecular complexity index is 1110. The lowest BCUT2D eigenvalue weighted by Crippen LogP contribution is -2.36. The fraction of sp³-hybridized carbons (Fsp3) is 0.292. The Hall–Kier alpha value is -3.50. The standard InChI is InChI=1S/C24H25N3O6S/c1-2-33-20-13-16(3-8-19(20)28)14-21-23(30)27(24(31)34-21)15-22(29)25-17-4-6-18(7-5-17)26-9-11-32-12-10-26/h3-8,13-14,28H,2,9-12,15H2,1H3,(H,25,29)/b21-14-. The number of amides is 3. The molecule has 2 saturated heterocycles. The highest BCUT2D eigenvalue weighted by Crippen LogP contribution is 2.34. The second-order valence-corrected chi connectivity index (χ2v) is 8.62. The molecule has 0 radical (unpaired) electrons. The van der Waals surface area contributed by atoms with Crippen LogP contribution in [0.1, 0.15) is 12.5 Å². The van der Waals surface area contributed by atoms with E-state index in [1.807, 2.05) is 12.1 Å². The van der Waals surface area contributed by atoms with Crippen LogP contribution >= 0.6 is 11.8 Å². The zero-order valence-electron chi connectivity index (χ0n) is 18.7. The topological polar surface area (TPSA) is 108 Å². The van der Waals surface area contributed by atoms with Crippen LogP contribution in [-0.4, -0.2) is 66.5 Å². The minimum absolute atomic E-state index is 0.0123. The third-order valence-corrected chi connectivity index (χ3v) is 6.19. The summed E-state index contributed by atoms with van der Waals surface area (Å²) >= 11 is 0.766. The molecule has 0 aliphatic carbocycles. The van der Waals surface area contributed by atoms with Gasteiger partial charge in [0.1, 0.15) is 6.54 Å². The van der Waals surface area contributed by atoms with Crippen molar-refractivity contribution in [3.8, 4) is 11.5 Å². The van der Waals surface area contributed by atoms with E-state index >= 15 is 0 Å². The second kappa shape index (κ2) is 10.6. The lowest BCUT2D eigenvalue weighted by molar-refractivity contribution is -0.127. The number of carbonyl (C=O) groups is 3. The summed E-state index contributed by atoms with van der Waals surface area (Å²) < 4.78 is 10.7. The normalized spacial score (nSPS) is 17.4. The molecule has 2 aromatic rings. The van der Waals surface area contributed by atoms with Crippen molar-refractivity contribution in [3.05, 3.63) is 52.9 Å². The SMILES string of the molecule is CCOc1cc(/C=C2\SC(=O)N(CC(=O)Nc3ccc(N4CCOCC4)cc3)C2=O)ccc1O. The number of morpholine rings is 1. The highest BCUT2D eigenvalue weighted by atomic mass is 32.2. The Morgan fingerprint density at radius 2 is 1.91 bits per heavy atom. The van der Waals surface area contributed by atoms with Gasteiger partial charge in [0.05, 0.1) is 24.7 Å². The minimum atomic E-state index is -0.543. The van der Waals surface area contributed by atoms with Crippen LogP contribution in [0.5, 0.6) is 11.5 Å². The number of phenols is 1. The van der Waals surface area contributed by atoms with Crippen molar-refractivity contribution in [1.82, 2.24) is 4.90 Å². The Labute approximate surface area is 201 Å². The first-order valence-corrected chi connectivity index (χ1v) is 11.7. The number of imide groups is 1. The van der Waals surface area contributed by atoms with Gasteiger partial charge in [-0.3, -0.25) is 19.3 Å². The van der Waals surface area contributed by atoms with Crippen LogP contribution in [-0.2, 0) is 14.3 Å². The summed E-state index contributed by atoms with van der Waals surface area (Å²) in [4.78, 5) is 40.9. The van der Waals surface area contributed by atoms with Crippen LogP contribution in [0.25, 0.3) is 6.08 Å². The van der Waals surface area contributed by atoms with Gasteiger partial charge in [-0.15, -0.1) is 0 Å². The highest BCUT2D eigenvalue weighted by Gasteiger charge is 2.36. The molecule has 10 heteroatoms. The predicted octanol–water partition coefficient (Wildman–Crippen LogP) is 3.30. The number of nitrogens with one attached hydrogen (secondary N) is 1. The van der Waals surface area contributed by atoms with Crippen molar-refractivity contribution in [2.24, 2.45) is 0 Å². The van der Waals surface area contributed by atoms with Crippen LogP contribution in [0.15, 0.2) is 47.4 Å². The van der Waals surface area contributed by atoms with Crippen LogP contribution in [0.2, 0.25) is 0 Å². The first-order valence-electron chi connectivity index (χ1n) is 10.9. The number of rotatable bonds is 7.